The maximum atomic E-state index is 13.5. The number of nitrogens with zero attached hydrogens (tertiary/aromatic N) is 3. The lowest BCUT2D eigenvalue weighted by Crippen LogP contribution is -2.44. The van der Waals surface area contributed by atoms with E-state index in [-0.39, 0.29) is 36.1 Å². The zero-order valence-electron chi connectivity index (χ0n) is 18.0. The second kappa shape index (κ2) is 9.48. The number of piperidine rings is 1. The number of hydrogen-bond acceptors (Lipinski definition) is 5. The molecule has 0 aromatic heterocycles. The second-order valence-electron chi connectivity index (χ2n) is 8.24. The molecule has 2 N–H and O–H groups in total. The second-order valence-corrected chi connectivity index (χ2v) is 8.24. The summed E-state index contributed by atoms with van der Waals surface area (Å²) in [6.45, 7) is 1.50. The summed E-state index contributed by atoms with van der Waals surface area (Å²) in [5, 5.41) is 6.19. The van der Waals surface area contributed by atoms with Gasteiger partial charge >= 0.3 is 0 Å². The van der Waals surface area contributed by atoms with Gasteiger partial charge in [0.15, 0.2) is 0 Å². The Kier molecular flexibility index (Phi) is 6.50. The van der Waals surface area contributed by atoms with Crippen molar-refractivity contribution in [1.29, 1.82) is 0 Å². The summed E-state index contributed by atoms with van der Waals surface area (Å²) in [5.74, 6) is -0.103. The molecule has 0 bridgehead atoms. The minimum absolute atomic E-state index is 0.125. The number of hydrogen-bond donors (Lipinski definition) is 1. The number of hydrazone groups is 1. The van der Waals surface area contributed by atoms with Gasteiger partial charge in [0.25, 0.3) is 5.91 Å². The van der Waals surface area contributed by atoms with Crippen molar-refractivity contribution in [2.45, 2.75) is 25.3 Å². The van der Waals surface area contributed by atoms with Crippen molar-refractivity contribution >= 4 is 17.5 Å². The molecule has 168 valence electrons. The van der Waals surface area contributed by atoms with Gasteiger partial charge in [0, 0.05) is 12.3 Å². The number of halogens is 1. The molecule has 2 aromatic carbocycles. The lowest BCUT2D eigenvalue weighted by Gasteiger charge is -2.31. The molecule has 2 amide bonds. The standard InChI is InChI=1S/C24H27FN4O3/c1-32-20-8-4-16(5-9-20)21-14-22(17-2-6-19(25)7-3-17)29(27-21)23(30)15-28-12-10-18(11-13-28)24(26)31/h2-9,18,22H,10-15H2,1H3,(H2,26,31)/t22-/m1/s1. The molecule has 7 nitrogen and oxygen atoms in total. The van der Waals surface area contributed by atoms with Gasteiger partial charge in [0.05, 0.1) is 25.4 Å². The molecule has 1 atom stereocenters. The number of likely N-dealkylation sites (tertiary alicyclic amines) is 1. The Morgan fingerprint density at radius 1 is 1.09 bits per heavy atom. The zero-order valence-corrected chi connectivity index (χ0v) is 18.0. The Hall–Kier alpha value is -3.26. The highest BCUT2D eigenvalue weighted by Gasteiger charge is 2.34. The SMILES string of the molecule is COc1ccc(C2=NN(C(=O)CN3CCC(C(N)=O)CC3)[C@@H](c3ccc(F)cc3)C2)cc1. The van der Waals surface area contributed by atoms with Gasteiger partial charge in [-0.1, -0.05) is 12.1 Å². The van der Waals surface area contributed by atoms with Gasteiger partial charge in [-0.2, -0.15) is 5.10 Å². The molecule has 2 heterocycles. The van der Waals surface area contributed by atoms with Crippen molar-refractivity contribution in [3.8, 4) is 5.75 Å². The molecule has 0 unspecified atom stereocenters. The lowest BCUT2D eigenvalue weighted by molar-refractivity contribution is -0.134. The van der Waals surface area contributed by atoms with Gasteiger partial charge < -0.3 is 10.5 Å². The molecule has 32 heavy (non-hydrogen) atoms. The smallest absolute Gasteiger partial charge is 0.257 e. The zero-order chi connectivity index (χ0) is 22.7. The Bertz CT molecular complexity index is 999. The van der Waals surface area contributed by atoms with Gasteiger partial charge in [0.2, 0.25) is 5.91 Å². The first-order valence-electron chi connectivity index (χ1n) is 10.8. The molecule has 4 rings (SSSR count). The molecule has 2 aliphatic heterocycles. The maximum Gasteiger partial charge on any atom is 0.257 e. The highest BCUT2D eigenvalue weighted by molar-refractivity contribution is 6.03. The number of primary amides is 1. The Morgan fingerprint density at radius 3 is 2.34 bits per heavy atom. The van der Waals surface area contributed by atoms with Crippen LogP contribution in [0.3, 0.4) is 0 Å². The lowest BCUT2D eigenvalue weighted by atomic mass is 9.96. The van der Waals surface area contributed by atoms with Gasteiger partial charge in [-0.3, -0.25) is 14.5 Å². The van der Waals surface area contributed by atoms with Crippen LogP contribution in [0.4, 0.5) is 4.39 Å². The number of ether oxygens (including phenoxy) is 1. The third-order valence-corrected chi connectivity index (χ3v) is 6.19. The highest BCUT2D eigenvalue weighted by Crippen LogP contribution is 2.33. The van der Waals surface area contributed by atoms with Gasteiger partial charge in [-0.05, 0) is 73.5 Å². The van der Waals surface area contributed by atoms with Crippen molar-refractivity contribution in [2.75, 3.05) is 26.7 Å². The first kappa shape index (κ1) is 22.0. The van der Waals surface area contributed by atoms with Gasteiger partial charge in [-0.15, -0.1) is 0 Å². The first-order chi connectivity index (χ1) is 15.4. The Morgan fingerprint density at radius 2 is 1.75 bits per heavy atom. The number of amides is 2. The van der Waals surface area contributed by atoms with Crippen LogP contribution in [0.1, 0.15) is 36.4 Å². The summed E-state index contributed by atoms with van der Waals surface area (Å²) in [7, 11) is 1.61. The molecule has 1 saturated heterocycles. The molecular weight excluding hydrogens is 411 g/mol. The average Bonchev–Trinajstić information content (AvgIpc) is 3.25. The van der Waals surface area contributed by atoms with Crippen LogP contribution in [0.2, 0.25) is 0 Å². The predicted octanol–water partition coefficient (Wildman–Crippen LogP) is 2.71. The highest BCUT2D eigenvalue weighted by atomic mass is 19.1. The van der Waals surface area contributed by atoms with E-state index in [0.29, 0.717) is 32.4 Å². The fourth-order valence-electron chi connectivity index (χ4n) is 4.28. The quantitative estimate of drug-likeness (QED) is 0.751. The van der Waals surface area contributed by atoms with E-state index in [1.54, 1.807) is 19.2 Å². The van der Waals surface area contributed by atoms with Crippen LogP contribution < -0.4 is 10.5 Å². The van der Waals surface area contributed by atoms with Crippen molar-refractivity contribution in [3.05, 3.63) is 65.5 Å². The Labute approximate surface area is 186 Å². The van der Waals surface area contributed by atoms with Gasteiger partial charge in [0.1, 0.15) is 11.6 Å². The Balaban J connectivity index is 1.53. The van der Waals surface area contributed by atoms with Crippen LogP contribution in [-0.2, 0) is 9.59 Å². The summed E-state index contributed by atoms with van der Waals surface area (Å²) in [4.78, 5) is 26.7. The minimum atomic E-state index is -0.321. The molecule has 2 aliphatic rings. The maximum absolute atomic E-state index is 13.5. The van der Waals surface area contributed by atoms with E-state index in [1.807, 2.05) is 29.2 Å². The normalized spacial score (nSPS) is 19.6. The number of benzene rings is 2. The van der Waals surface area contributed by atoms with Crippen LogP contribution in [-0.4, -0.2) is 54.2 Å². The van der Waals surface area contributed by atoms with Crippen molar-refractivity contribution < 1.29 is 18.7 Å². The molecule has 0 aliphatic carbocycles. The van der Waals surface area contributed by atoms with Crippen molar-refractivity contribution in [2.24, 2.45) is 16.8 Å². The summed E-state index contributed by atoms with van der Waals surface area (Å²) < 4.78 is 18.7. The molecule has 8 heteroatoms. The van der Waals surface area contributed by atoms with Crippen LogP contribution in [0.15, 0.2) is 53.6 Å². The first-order valence-corrected chi connectivity index (χ1v) is 10.8. The van der Waals surface area contributed by atoms with E-state index < -0.39 is 0 Å². The summed E-state index contributed by atoms with van der Waals surface area (Å²) in [6.07, 6.45) is 1.85. The number of methoxy groups -OCH3 is 1. The monoisotopic (exact) mass is 438 g/mol. The van der Waals surface area contributed by atoms with Crippen LogP contribution in [0.25, 0.3) is 0 Å². The van der Waals surface area contributed by atoms with Crippen LogP contribution in [0, 0.1) is 11.7 Å². The van der Waals surface area contributed by atoms with E-state index in [1.165, 1.54) is 17.1 Å². The van der Waals surface area contributed by atoms with Gasteiger partial charge in [-0.25, -0.2) is 9.40 Å². The van der Waals surface area contributed by atoms with Crippen LogP contribution in [0.5, 0.6) is 5.75 Å². The van der Waals surface area contributed by atoms with E-state index in [2.05, 4.69) is 5.10 Å². The third-order valence-electron chi connectivity index (χ3n) is 6.19. The molecular formula is C24H27FN4O3. The topological polar surface area (TPSA) is 88.2 Å². The molecule has 2 aromatic rings. The fourth-order valence-corrected chi connectivity index (χ4v) is 4.28. The summed E-state index contributed by atoms with van der Waals surface area (Å²) >= 11 is 0. The number of rotatable bonds is 6. The molecule has 0 saturated carbocycles. The van der Waals surface area contributed by atoms with E-state index in [0.717, 1.165) is 22.6 Å². The largest absolute Gasteiger partial charge is 0.497 e. The van der Waals surface area contributed by atoms with Crippen molar-refractivity contribution in [1.82, 2.24) is 9.91 Å². The van der Waals surface area contributed by atoms with E-state index in [9.17, 15) is 14.0 Å². The van der Waals surface area contributed by atoms with Crippen LogP contribution >= 0.6 is 0 Å². The minimum Gasteiger partial charge on any atom is -0.497 e. The molecule has 0 spiro atoms. The predicted molar refractivity (Wildman–Crippen MR) is 118 cm³/mol. The number of carbonyl (C=O) groups is 2. The average molecular weight is 439 g/mol. The third kappa shape index (κ3) is 4.80. The van der Waals surface area contributed by atoms with E-state index >= 15 is 0 Å². The fraction of sp³-hybridized carbons (Fsp3) is 0.375. The summed E-state index contributed by atoms with van der Waals surface area (Å²) in [6, 6.07) is 13.5. The molecule has 0 radical (unpaired) electrons. The van der Waals surface area contributed by atoms with Crippen molar-refractivity contribution in [3.63, 3.8) is 0 Å². The summed E-state index contributed by atoms with van der Waals surface area (Å²) in [5.41, 5.74) is 7.95. The number of carbonyl (C=O) groups excluding carboxylic acids is 2. The number of nitrogens with two attached hydrogens (primary N) is 1. The molecule has 1 fully saturated rings. The van der Waals surface area contributed by atoms with E-state index in [4.69, 9.17) is 10.5 Å².